The van der Waals surface area contributed by atoms with Gasteiger partial charge in [-0.2, -0.15) is 10.1 Å². The summed E-state index contributed by atoms with van der Waals surface area (Å²) in [6.45, 7) is 0.531. The molecule has 28 heavy (non-hydrogen) atoms. The monoisotopic (exact) mass is 380 g/mol. The second kappa shape index (κ2) is 8.90. The lowest BCUT2D eigenvalue weighted by atomic mass is 10.2. The van der Waals surface area contributed by atoms with Crippen molar-refractivity contribution in [2.24, 2.45) is 0 Å². The maximum Gasteiger partial charge on any atom is 0.244 e. The first-order valence-electron chi connectivity index (χ1n) is 8.78. The first-order chi connectivity index (χ1) is 13.6. The molecule has 3 rings (SSSR count). The number of ether oxygens (including phenoxy) is 2. The number of anilines is 4. The van der Waals surface area contributed by atoms with Crippen molar-refractivity contribution in [2.45, 2.75) is 6.54 Å². The van der Waals surface area contributed by atoms with Crippen LogP contribution in [-0.4, -0.2) is 43.5 Å². The molecule has 0 saturated heterocycles. The van der Waals surface area contributed by atoms with Gasteiger partial charge in [-0.1, -0.05) is 6.07 Å². The summed E-state index contributed by atoms with van der Waals surface area (Å²) in [7, 11) is 7.24. The highest BCUT2D eigenvalue weighted by molar-refractivity contribution is 5.60. The van der Waals surface area contributed by atoms with Crippen LogP contribution in [0, 0.1) is 0 Å². The molecule has 8 heteroatoms. The third kappa shape index (κ3) is 4.79. The molecule has 0 bridgehead atoms. The minimum atomic E-state index is 0.435. The number of nitrogens with one attached hydrogen (secondary N) is 2. The second-order valence-corrected chi connectivity index (χ2v) is 6.27. The van der Waals surface area contributed by atoms with E-state index in [2.05, 4.69) is 25.8 Å². The summed E-state index contributed by atoms with van der Waals surface area (Å²) in [5, 5.41) is 14.4. The molecule has 0 aliphatic heterocycles. The van der Waals surface area contributed by atoms with Crippen molar-refractivity contribution in [1.29, 1.82) is 0 Å². The van der Waals surface area contributed by atoms with E-state index >= 15 is 0 Å². The fraction of sp³-hybridized carbons (Fsp3) is 0.250. The Morgan fingerprint density at radius 3 is 2.39 bits per heavy atom. The van der Waals surface area contributed by atoms with Crippen LogP contribution in [0.1, 0.15) is 5.56 Å². The summed E-state index contributed by atoms with van der Waals surface area (Å²) < 4.78 is 10.6. The van der Waals surface area contributed by atoms with Crippen LogP contribution in [0.25, 0.3) is 0 Å². The average Bonchev–Trinajstić information content (AvgIpc) is 2.72. The molecule has 0 spiro atoms. The van der Waals surface area contributed by atoms with Gasteiger partial charge in [0.1, 0.15) is 0 Å². The number of rotatable bonds is 8. The predicted octanol–water partition coefficient (Wildman–Crippen LogP) is 3.31. The minimum absolute atomic E-state index is 0.435. The Morgan fingerprint density at radius 1 is 0.964 bits per heavy atom. The number of aromatic nitrogens is 3. The molecule has 1 heterocycles. The van der Waals surface area contributed by atoms with E-state index < -0.39 is 0 Å². The van der Waals surface area contributed by atoms with Crippen molar-refractivity contribution in [3.63, 3.8) is 0 Å². The van der Waals surface area contributed by atoms with Crippen LogP contribution >= 0.6 is 0 Å². The lowest BCUT2D eigenvalue weighted by molar-refractivity contribution is 0.354. The zero-order valence-corrected chi connectivity index (χ0v) is 16.4. The zero-order valence-electron chi connectivity index (χ0n) is 16.4. The van der Waals surface area contributed by atoms with Crippen LogP contribution < -0.4 is 25.0 Å². The first-order valence-corrected chi connectivity index (χ1v) is 8.78. The SMILES string of the molecule is COc1ccc(CNc2nncc(Nc3ccc(N(C)C)cc3)n2)cc1OC. The van der Waals surface area contributed by atoms with E-state index in [4.69, 9.17) is 9.47 Å². The highest BCUT2D eigenvalue weighted by Crippen LogP contribution is 2.27. The molecular weight excluding hydrogens is 356 g/mol. The van der Waals surface area contributed by atoms with Gasteiger partial charge in [-0.3, -0.25) is 0 Å². The molecule has 0 saturated carbocycles. The maximum atomic E-state index is 5.33. The first kappa shape index (κ1) is 19.2. The predicted molar refractivity (Wildman–Crippen MR) is 111 cm³/mol. The Labute approximate surface area is 164 Å². The summed E-state index contributed by atoms with van der Waals surface area (Å²) in [5.74, 6) is 2.42. The third-order valence-electron chi connectivity index (χ3n) is 4.11. The van der Waals surface area contributed by atoms with Crippen LogP contribution in [0.15, 0.2) is 48.7 Å². The molecule has 1 aromatic heterocycles. The highest BCUT2D eigenvalue weighted by Gasteiger charge is 2.06. The van der Waals surface area contributed by atoms with E-state index in [0.29, 0.717) is 29.8 Å². The number of benzene rings is 2. The normalized spacial score (nSPS) is 10.3. The van der Waals surface area contributed by atoms with Crippen molar-refractivity contribution < 1.29 is 9.47 Å². The maximum absolute atomic E-state index is 5.33. The zero-order chi connectivity index (χ0) is 19.9. The summed E-state index contributed by atoms with van der Waals surface area (Å²) in [6.07, 6.45) is 1.58. The number of hydrogen-bond acceptors (Lipinski definition) is 8. The Hall–Kier alpha value is -3.55. The smallest absolute Gasteiger partial charge is 0.244 e. The molecule has 0 unspecified atom stereocenters. The van der Waals surface area contributed by atoms with Gasteiger partial charge in [0.15, 0.2) is 17.3 Å². The Kier molecular flexibility index (Phi) is 6.11. The quantitative estimate of drug-likeness (QED) is 0.616. The average molecular weight is 380 g/mol. The summed E-state index contributed by atoms with van der Waals surface area (Å²) in [6, 6.07) is 13.8. The van der Waals surface area contributed by atoms with Crippen LogP contribution in [-0.2, 0) is 6.54 Å². The van der Waals surface area contributed by atoms with Crippen molar-refractivity contribution in [2.75, 3.05) is 43.8 Å². The van der Waals surface area contributed by atoms with Crippen molar-refractivity contribution in [1.82, 2.24) is 15.2 Å². The van der Waals surface area contributed by atoms with Crippen LogP contribution in [0.3, 0.4) is 0 Å². The number of nitrogens with zero attached hydrogens (tertiary/aromatic N) is 4. The minimum Gasteiger partial charge on any atom is -0.493 e. The Balaban J connectivity index is 1.65. The molecule has 0 radical (unpaired) electrons. The molecule has 3 aromatic rings. The molecule has 0 amide bonds. The third-order valence-corrected chi connectivity index (χ3v) is 4.11. The van der Waals surface area contributed by atoms with E-state index in [-0.39, 0.29) is 0 Å². The molecule has 0 atom stereocenters. The fourth-order valence-electron chi connectivity index (χ4n) is 2.60. The fourth-order valence-corrected chi connectivity index (χ4v) is 2.60. The molecule has 0 fully saturated rings. The van der Waals surface area contributed by atoms with Gasteiger partial charge in [0, 0.05) is 32.0 Å². The second-order valence-electron chi connectivity index (χ2n) is 6.27. The van der Waals surface area contributed by atoms with Crippen molar-refractivity contribution in [3.05, 3.63) is 54.2 Å². The van der Waals surface area contributed by atoms with Gasteiger partial charge in [0.2, 0.25) is 5.95 Å². The van der Waals surface area contributed by atoms with Gasteiger partial charge >= 0.3 is 0 Å². The lowest BCUT2D eigenvalue weighted by Gasteiger charge is -2.13. The highest BCUT2D eigenvalue weighted by atomic mass is 16.5. The van der Waals surface area contributed by atoms with Crippen LogP contribution in [0.4, 0.5) is 23.1 Å². The van der Waals surface area contributed by atoms with E-state index in [0.717, 1.165) is 16.9 Å². The molecule has 0 aliphatic rings. The van der Waals surface area contributed by atoms with Crippen LogP contribution in [0.2, 0.25) is 0 Å². The van der Waals surface area contributed by atoms with Crippen molar-refractivity contribution >= 4 is 23.1 Å². The van der Waals surface area contributed by atoms with Crippen LogP contribution in [0.5, 0.6) is 11.5 Å². The van der Waals surface area contributed by atoms with E-state index in [9.17, 15) is 0 Å². The lowest BCUT2D eigenvalue weighted by Crippen LogP contribution is -2.08. The molecular formula is C20H24N6O2. The van der Waals surface area contributed by atoms with Gasteiger partial charge in [-0.15, -0.1) is 5.10 Å². The Morgan fingerprint density at radius 2 is 1.71 bits per heavy atom. The van der Waals surface area contributed by atoms with Gasteiger partial charge in [0.05, 0.1) is 20.4 Å². The van der Waals surface area contributed by atoms with Gasteiger partial charge in [0.25, 0.3) is 0 Å². The standard InChI is InChI=1S/C20H24N6O2/c1-26(2)16-8-6-15(7-9-16)23-19-13-22-25-20(24-19)21-12-14-5-10-17(27-3)18(11-14)28-4/h5-11,13H,12H2,1-4H3,(H2,21,23,24,25). The summed E-state index contributed by atoms with van der Waals surface area (Å²) in [4.78, 5) is 6.50. The van der Waals surface area contributed by atoms with E-state index in [1.807, 2.05) is 61.5 Å². The molecule has 2 aromatic carbocycles. The van der Waals surface area contributed by atoms with Gasteiger partial charge in [-0.25, -0.2) is 0 Å². The number of methoxy groups -OCH3 is 2. The molecule has 2 N–H and O–H groups in total. The largest absolute Gasteiger partial charge is 0.493 e. The van der Waals surface area contributed by atoms with Gasteiger partial charge < -0.3 is 25.0 Å². The summed E-state index contributed by atoms with van der Waals surface area (Å²) >= 11 is 0. The molecule has 146 valence electrons. The van der Waals surface area contributed by atoms with Crippen molar-refractivity contribution in [3.8, 4) is 11.5 Å². The Bertz CT molecular complexity index is 915. The van der Waals surface area contributed by atoms with E-state index in [1.165, 1.54) is 0 Å². The molecule has 0 aliphatic carbocycles. The topological polar surface area (TPSA) is 84.4 Å². The molecule has 8 nitrogen and oxygen atoms in total. The van der Waals surface area contributed by atoms with Gasteiger partial charge in [-0.05, 0) is 42.0 Å². The summed E-state index contributed by atoms with van der Waals surface area (Å²) in [5.41, 5.74) is 3.07. The number of hydrogen-bond donors (Lipinski definition) is 2. The van der Waals surface area contributed by atoms with E-state index in [1.54, 1.807) is 20.4 Å².